The van der Waals surface area contributed by atoms with Crippen LogP contribution in [0.1, 0.15) is 52.4 Å². The van der Waals surface area contributed by atoms with E-state index in [-0.39, 0.29) is 5.91 Å². The van der Waals surface area contributed by atoms with E-state index in [0.29, 0.717) is 12.6 Å². The van der Waals surface area contributed by atoms with Crippen LogP contribution in [0.2, 0.25) is 0 Å². The SMILES string of the molecule is CCCCCCOCC(C)(NC1CC1)C(N)=O. The lowest BCUT2D eigenvalue weighted by Crippen LogP contribution is -2.57. The Balaban J connectivity index is 2.17. The molecule has 0 spiro atoms. The van der Waals surface area contributed by atoms with Crippen molar-refractivity contribution in [1.29, 1.82) is 0 Å². The molecule has 100 valence electrons. The zero-order valence-electron chi connectivity index (χ0n) is 11.1. The van der Waals surface area contributed by atoms with E-state index in [9.17, 15) is 4.79 Å². The lowest BCUT2D eigenvalue weighted by atomic mass is 10.0. The number of primary amides is 1. The Kier molecular flexibility index (Phi) is 5.92. The van der Waals surface area contributed by atoms with Gasteiger partial charge in [0, 0.05) is 12.6 Å². The van der Waals surface area contributed by atoms with Crippen LogP contribution in [0, 0.1) is 0 Å². The highest BCUT2D eigenvalue weighted by Gasteiger charge is 2.37. The summed E-state index contributed by atoms with van der Waals surface area (Å²) in [4.78, 5) is 11.4. The number of hydrogen-bond acceptors (Lipinski definition) is 3. The first-order valence-corrected chi connectivity index (χ1v) is 6.74. The third-order valence-electron chi connectivity index (χ3n) is 3.18. The van der Waals surface area contributed by atoms with Gasteiger partial charge in [0.2, 0.25) is 5.91 Å². The van der Waals surface area contributed by atoms with Gasteiger partial charge in [0.25, 0.3) is 0 Å². The van der Waals surface area contributed by atoms with Gasteiger partial charge in [-0.25, -0.2) is 0 Å². The molecule has 1 atom stereocenters. The number of ether oxygens (including phenoxy) is 1. The molecule has 1 aliphatic carbocycles. The largest absolute Gasteiger partial charge is 0.379 e. The molecule has 0 bridgehead atoms. The minimum atomic E-state index is -0.702. The molecule has 1 saturated carbocycles. The number of nitrogens with two attached hydrogens (primary N) is 1. The molecule has 0 aromatic carbocycles. The molecule has 0 radical (unpaired) electrons. The smallest absolute Gasteiger partial charge is 0.239 e. The molecule has 3 N–H and O–H groups in total. The molecule has 1 aliphatic rings. The van der Waals surface area contributed by atoms with Crippen LogP contribution >= 0.6 is 0 Å². The third kappa shape index (κ3) is 5.50. The zero-order valence-corrected chi connectivity index (χ0v) is 11.1. The van der Waals surface area contributed by atoms with E-state index in [4.69, 9.17) is 10.5 Å². The van der Waals surface area contributed by atoms with Crippen molar-refractivity contribution in [3.8, 4) is 0 Å². The fourth-order valence-electron chi connectivity index (χ4n) is 1.77. The van der Waals surface area contributed by atoms with Gasteiger partial charge in [0.15, 0.2) is 0 Å². The van der Waals surface area contributed by atoms with Crippen LogP contribution in [0.3, 0.4) is 0 Å². The van der Waals surface area contributed by atoms with E-state index >= 15 is 0 Å². The number of nitrogens with one attached hydrogen (secondary N) is 1. The molecule has 0 aliphatic heterocycles. The molecule has 4 heteroatoms. The Bertz CT molecular complexity index is 242. The van der Waals surface area contributed by atoms with E-state index in [1.54, 1.807) is 0 Å². The maximum absolute atomic E-state index is 11.4. The van der Waals surface area contributed by atoms with Crippen molar-refractivity contribution in [2.45, 2.75) is 64.0 Å². The van der Waals surface area contributed by atoms with Crippen LogP contribution in [0.15, 0.2) is 0 Å². The predicted octanol–water partition coefficient (Wildman–Crippen LogP) is 1.58. The van der Waals surface area contributed by atoms with E-state index in [0.717, 1.165) is 25.9 Å². The molecule has 1 unspecified atom stereocenters. The number of rotatable bonds is 10. The Morgan fingerprint density at radius 1 is 1.41 bits per heavy atom. The Morgan fingerprint density at radius 3 is 2.65 bits per heavy atom. The molecule has 4 nitrogen and oxygen atoms in total. The molecule has 17 heavy (non-hydrogen) atoms. The van der Waals surface area contributed by atoms with Gasteiger partial charge in [-0.05, 0) is 26.2 Å². The minimum Gasteiger partial charge on any atom is -0.379 e. The maximum Gasteiger partial charge on any atom is 0.239 e. The molecule has 0 saturated heterocycles. The van der Waals surface area contributed by atoms with Crippen molar-refractivity contribution in [2.75, 3.05) is 13.2 Å². The predicted molar refractivity (Wildman–Crippen MR) is 68.7 cm³/mol. The second-order valence-corrected chi connectivity index (χ2v) is 5.23. The topological polar surface area (TPSA) is 64.3 Å². The number of carbonyl (C=O) groups excluding carboxylic acids is 1. The lowest BCUT2D eigenvalue weighted by Gasteiger charge is -2.27. The van der Waals surface area contributed by atoms with Gasteiger partial charge in [0.1, 0.15) is 5.54 Å². The highest BCUT2D eigenvalue weighted by molar-refractivity contribution is 5.84. The van der Waals surface area contributed by atoms with Crippen LogP contribution in [0.5, 0.6) is 0 Å². The molecule has 1 amide bonds. The number of carbonyl (C=O) groups is 1. The summed E-state index contributed by atoms with van der Waals surface area (Å²) in [6.07, 6.45) is 7.00. The first-order valence-electron chi connectivity index (χ1n) is 6.74. The first-order chi connectivity index (χ1) is 8.08. The van der Waals surface area contributed by atoms with Crippen LogP contribution in [0.4, 0.5) is 0 Å². The van der Waals surface area contributed by atoms with Gasteiger partial charge in [-0.2, -0.15) is 0 Å². The van der Waals surface area contributed by atoms with Crippen LogP contribution in [-0.2, 0) is 9.53 Å². The normalized spacial score (nSPS) is 18.9. The van der Waals surface area contributed by atoms with E-state index in [1.807, 2.05) is 6.92 Å². The van der Waals surface area contributed by atoms with Gasteiger partial charge < -0.3 is 10.5 Å². The highest BCUT2D eigenvalue weighted by Crippen LogP contribution is 2.22. The second-order valence-electron chi connectivity index (χ2n) is 5.23. The Labute approximate surface area is 104 Å². The Hall–Kier alpha value is -0.610. The highest BCUT2D eigenvalue weighted by atomic mass is 16.5. The van der Waals surface area contributed by atoms with Crippen molar-refractivity contribution in [3.63, 3.8) is 0 Å². The summed E-state index contributed by atoms with van der Waals surface area (Å²) >= 11 is 0. The fraction of sp³-hybridized carbons (Fsp3) is 0.923. The van der Waals surface area contributed by atoms with Gasteiger partial charge >= 0.3 is 0 Å². The van der Waals surface area contributed by atoms with Gasteiger partial charge in [-0.3, -0.25) is 10.1 Å². The molecule has 0 aromatic heterocycles. The number of unbranched alkanes of at least 4 members (excludes halogenated alkanes) is 3. The van der Waals surface area contributed by atoms with Crippen LogP contribution in [0.25, 0.3) is 0 Å². The molecular formula is C13H26N2O2. The summed E-state index contributed by atoms with van der Waals surface area (Å²) in [6, 6.07) is 0.455. The van der Waals surface area contributed by atoms with E-state index in [2.05, 4.69) is 12.2 Å². The van der Waals surface area contributed by atoms with Crippen molar-refractivity contribution in [2.24, 2.45) is 5.73 Å². The first kappa shape index (κ1) is 14.5. The van der Waals surface area contributed by atoms with E-state index in [1.165, 1.54) is 19.3 Å². The summed E-state index contributed by atoms with van der Waals surface area (Å²) in [5.41, 5.74) is 4.73. The molecule has 0 heterocycles. The van der Waals surface area contributed by atoms with Crippen molar-refractivity contribution in [1.82, 2.24) is 5.32 Å². The van der Waals surface area contributed by atoms with Crippen LogP contribution in [-0.4, -0.2) is 30.7 Å². The van der Waals surface area contributed by atoms with Crippen molar-refractivity contribution >= 4 is 5.91 Å². The molecule has 1 fully saturated rings. The maximum atomic E-state index is 11.4. The fourth-order valence-corrected chi connectivity index (χ4v) is 1.77. The van der Waals surface area contributed by atoms with Crippen LogP contribution < -0.4 is 11.1 Å². The summed E-state index contributed by atoms with van der Waals surface area (Å²) in [5.74, 6) is -0.321. The molecular weight excluding hydrogens is 216 g/mol. The van der Waals surface area contributed by atoms with Gasteiger partial charge in [-0.15, -0.1) is 0 Å². The molecule has 0 aromatic rings. The van der Waals surface area contributed by atoms with Crippen molar-refractivity contribution < 1.29 is 9.53 Å². The standard InChI is InChI=1S/C13H26N2O2/c1-3-4-5-6-9-17-10-13(2,12(14)16)15-11-7-8-11/h11,15H,3-10H2,1-2H3,(H2,14,16). The minimum absolute atomic E-state index is 0.321. The summed E-state index contributed by atoms with van der Waals surface area (Å²) in [5, 5.41) is 3.27. The average molecular weight is 242 g/mol. The zero-order chi connectivity index (χ0) is 12.7. The molecule has 1 rings (SSSR count). The third-order valence-corrected chi connectivity index (χ3v) is 3.18. The number of hydrogen-bond donors (Lipinski definition) is 2. The summed E-state index contributed by atoms with van der Waals surface area (Å²) in [7, 11) is 0. The van der Waals surface area contributed by atoms with Crippen molar-refractivity contribution in [3.05, 3.63) is 0 Å². The Morgan fingerprint density at radius 2 is 2.12 bits per heavy atom. The van der Waals surface area contributed by atoms with E-state index < -0.39 is 5.54 Å². The average Bonchev–Trinajstić information content (AvgIpc) is 3.07. The quantitative estimate of drug-likeness (QED) is 0.572. The summed E-state index contributed by atoms with van der Waals surface area (Å²) in [6.45, 7) is 5.12. The monoisotopic (exact) mass is 242 g/mol. The summed E-state index contributed by atoms with van der Waals surface area (Å²) < 4.78 is 5.57. The van der Waals surface area contributed by atoms with Gasteiger partial charge in [0.05, 0.1) is 6.61 Å². The number of amides is 1. The van der Waals surface area contributed by atoms with Gasteiger partial charge in [-0.1, -0.05) is 26.2 Å². The lowest BCUT2D eigenvalue weighted by molar-refractivity contribution is -0.126. The second kappa shape index (κ2) is 6.97.